The minimum Gasteiger partial charge on any atom is -0.268 e. The van der Waals surface area contributed by atoms with Crippen LogP contribution in [0.3, 0.4) is 0 Å². The van der Waals surface area contributed by atoms with Crippen LogP contribution in [-0.2, 0) is 0 Å². The molecule has 4 rings (SSSR count). The van der Waals surface area contributed by atoms with Crippen molar-refractivity contribution in [2.75, 3.05) is 0 Å². The number of rotatable bonds is 1. The molecule has 2 aromatic carbocycles. The van der Waals surface area contributed by atoms with Gasteiger partial charge in [-0.1, -0.05) is 53.2 Å². The highest BCUT2D eigenvalue weighted by atomic mass is 79.9. The summed E-state index contributed by atoms with van der Waals surface area (Å²) in [6, 6.07) is 11.4. The van der Waals surface area contributed by atoms with Gasteiger partial charge in [0.25, 0.3) is 11.1 Å². The third-order valence-corrected chi connectivity index (χ3v) is 5.12. The molecule has 2 aromatic heterocycles. The van der Waals surface area contributed by atoms with Crippen molar-refractivity contribution >= 4 is 55.1 Å². The van der Waals surface area contributed by atoms with Crippen LogP contribution in [0.1, 0.15) is 20.3 Å². The van der Waals surface area contributed by atoms with Gasteiger partial charge in [0.1, 0.15) is 0 Å². The van der Waals surface area contributed by atoms with E-state index in [-0.39, 0.29) is 11.1 Å². The average Bonchev–Trinajstić information content (AvgIpc) is 2.61. The average molecular weight is 394 g/mol. The lowest BCUT2D eigenvalue weighted by Gasteiger charge is -2.12. The van der Waals surface area contributed by atoms with Crippen molar-refractivity contribution in [1.29, 1.82) is 0 Å². The summed E-state index contributed by atoms with van der Waals surface area (Å²) in [6.07, 6.45) is 4.66. The first kappa shape index (κ1) is 16.0. The molecule has 0 radical (unpaired) electrons. The molecule has 4 aromatic rings. The molecule has 2 heterocycles. The zero-order valence-corrected chi connectivity index (χ0v) is 15.6. The Labute approximate surface area is 152 Å². The second-order valence-electron chi connectivity index (χ2n) is 6.07. The summed E-state index contributed by atoms with van der Waals surface area (Å²) in [6.45, 7) is 3.88. The van der Waals surface area contributed by atoms with Gasteiger partial charge in [0.2, 0.25) is 0 Å². The Morgan fingerprint density at radius 1 is 0.960 bits per heavy atom. The molecule has 4 heteroatoms. The summed E-state index contributed by atoms with van der Waals surface area (Å²) >= 11 is 3.59. The fourth-order valence-electron chi connectivity index (χ4n) is 3.65. The van der Waals surface area contributed by atoms with Crippen molar-refractivity contribution in [3.8, 4) is 0 Å². The molecule has 0 amide bonds. The first-order valence-corrected chi connectivity index (χ1v) is 9.06. The topological polar surface area (TPSA) is 38.5 Å². The highest BCUT2D eigenvalue weighted by molar-refractivity contribution is 9.10. The molecule has 0 N–H and O–H groups in total. The molecule has 3 nitrogen and oxygen atoms in total. The summed E-state index contributed by atoms with van der Waals surface area (Å²) in [5.41, 5.74) is 0.187. The third-order valence-electron chi connectivity index (χ3n) is 4.66. The molecule has 25 heavy (non-hydrogen) atoms. The van der Waals surface area contributed by atoms with E-state index >= 15 is 0 Å². The van der Waals surface area contributed by atoms with Crippen molar-refractivity contribution in [1.82, 2.24) is 4.40 Å². The molecular weight excluding hydrogens is 378 g/mol. The van der Waals surface area contributed by atoms with Crippen LogP contribution in [0.2, 0.25) is 0 Å². The predicted octanol–water partition coefficient (Wildman–Crippen LogP) is 3.16. The maximum atomic E-state index is 13.1. The molecule has 0 aliphatic heterocycles. The van der Waals surface area contributed by atoms with E-state index in [0.29, 0.717) is 16.1 Å². The van der Waals surface area contributed by atoms with E-state index in [1.165, 1.54) is 4.40 Å². The standard InChI is InChI=1S/C21H16BrNO2/c1-3-7-14-13(4-2)20(24)23-19-17(14)10-12(22)11-18(19)15-8-5-6-9-16(15)21(23)25/h4-11H,3H2,1-2H3/b13-4+,14-7+. The lowest BCUT2D eigenvalue weighted by molar-refractivity contribution is 1.04. The van der Waals surface area contributed by atoms with Crippen molar-refractivity contribution in [3.63, 3.8) is 0 Å². The van der Waals surface area contributed by atoms with Gasteiger partial charge in [-0.2, -0.15) is 0 Å². The van der Waals surface area contributed by atoms with Crippen LogP contribution in [-0.4, -0.2) is 4.40 Å². The zero-order chi connectivity index (χ0) is 17.7. The first-order chi connectivity index (χ1) is 12.1. The molecular formula is C21H16BrNO2. The molecule has 0 aliphatic rings. The van der Waals surface area contributed by atoms with E-state index in [0.717, 1.165) is 32.3 Å². The second kappa shape index (κ2) is 5.81. The Hall–Kier alpha value is -2.46. The van der Waals surface area contributed by atoms with Crippen LogP contribution in [0, 0.1) is 0 Å². The number of benzene rings is 2. The van der Waals surface area contributed by atoms with Crippen LogP contribution in [0.15, 0.2) is 50.5 Å². The minimum atomic E-state index is -0.258. The number of fused-ring (bicyclic) bond motifs is 2. The van der Waals surface area contributed by atoms with Crippen LogP contribution < -0.4 is 21.6 Å². The van der Waals surface area contributed by atoms with E-state index in [1.54, 1.807) is 12.1 Å². The minimum absolute atomic E-state index is 0.252. The molecule has 124 valence electrons. The number of nitrogens with zero attached hydrogens (tertiary/aromatic N) is 1. The molecule has 0 fully saturated rings. The van der Waals surface area contributed by atoms with Gasteiger partial charge in [-0.25, -0.2) is 4.40 Å². The molecule has 0 spiro atoms. The Bertz CT molecular complexity index is 1380. The Balaban J connectivity index is 2.58. The van der Waals surface area contributed by atoms with E-state index in [1.807, 2.05) is 44.2 Å². The van der Waals surface area contributed by atoms with Gasteiger partial charge < -0.3 is 0 Å². The Kier molecular flexibility index (Phi) is 3.73. The normalized spacial score (nSPS) is 13.6. The summed E-state index contributed by atoms with van der Waals surface area (Å²) in [7, 11) is 0. The largest absolute Gasteiger partial charge is 0.268 e. The van der Waals surface area contributed by atoms with E-state index < -0.39 is 0 Å². The van der Waals surface area contributed by atoms with Crippen LogP contribution >= 0.6 is 15.9 Å². The SMILES string of the molecule is C/C=c1/c(=O)n2c(=O)c3ccccc3c3cc(Br)cc(/c1=C/CC)c32. The number of pyridine rings is 2. The van der Waals surface area contributed by atoms with Gasteiger partial charge in [0, 0.05) is 25.9 Å². The molecule has 0 saturated carbocycles. The van der Waals surface area contributed by atoms with Crippen molar-refractivity contribution in [2.45, 2.75) is 20.3 Å². The Morgan fingerprint density at radius 3 is 2.32 bits per heavy atom. The second-order valence-corrected chi connectivity index (χ2v) is 6.98. The third kappa shape index (κ3) is 2.17. The number of hydrogen-bond acceptors (Lipinski definition) is 2. The van der Waals surface area contributed by atoms with Gasteiger partial charge in [0.15, 0.2) is 0 Å². The smallest absolute Gasteiger partial charge is 0.266 e. The quantitative estimate of drug-likeness (QED) is 0.368. The first-order valence-electron chi connectivity index (χ1n) is 8.27. The van der Waals surface area contributed by atoms with Crippen LogP contribution in [0.5, 0.6) is 0 Å². The lowest BCUT2D eigenvalue weighted by atomic mass is 10.0. The number of halogens is 1. The molecule has 0 bridgehead atoms. The van der Waals surface area contributed by atoms with E-state index in [4.69, 9.17) is 0 Å². The molecule has 0 aliphatic carbocycles. The van der Waals surface area contributed by atoms with Gasteiger partial charge in [-0.05, 0) is 42.1 Å². The van der Waals surface area contributed by atoms with Crippen LogP contribution in [0.25, 0.3) is 39.2 Å². The summed E-state index contributed by atoms with van der Waals surface area (Å²) in [5, 5.41) is 4.73. The van der Waals surface area contributed by atoms with Crippen LogP contribution in [0.4, 0.5) is 0 Å². The predicted molar refractivity (Wildman–Crippen MR) is 108 cm³/mol. The Morgan fingerprint density at radius 2 is 1.64 bits per heavy atom. The lowest BCUT2D eigenvalue weighted by Crippen LogP contribution is -2.46. The summed E-state index contributed by atoms with van der Waals surface area (Å²) in [4.78, 5) is 26.2. The van der Waals surface area contributed by atoms with Gasteiger partial charge in [-0.3, -0.25) is 9.59 Å². The number of hydrogen-bond donors (Lipinski definition) is 0. The maximum Gasteiger partial charge on any atom is 0.266 e. The number of aromatic nitrogens is 1. The van der Waals surface area contributed by atoms with Gasteiger partial charge in [-0.15, -0.1) is 0 Å². The van der Waals surface area contributed by atoms with Crippen molar-refractivity contribution in [2.24, 2.45) is 0 Å². The molecule has 0 unspecified atom stereocenters. The van der Waals surface area contributed by atoms with Crippen molar-refractivity contribution in [3.05, 3.63) is 72.0 Å². The fraction of sp³-hybridized carbons (Fsp3) is 0.143. The van der Waals surface area contributed by atoms with Gasteiger partial charge >= 0.3 is 0 Å². The molecule has 0 atom stereocenters. The highest BCUT2D eigenvalue weighted by Crippen LogP contribution is 2.27. The van der Waals surface area contributed by atoms with E-state index in [9.17, 15) is 9.59 Å². The van der Waals surface area contributed by atoms with Crippen molar-refractivity contribution < 1.29 is 0 Å². The maximum absolute atomic E-state index is 13.1. The molecule has 0 saturated heterocycles. The zero-order valence-electron chi connectivity index (χ0n) is 14.0. The highest BCUT2D eigenvalue weighted by Gasteiger charge is 2.15. The van der Waals surface area contributed by atoms with E-state index in [2.05, 4.69) is 22.0 Å². The monoisotopic (exact) mass is 393 g/mol. The fourth-order valence-corrected chi connectivity index (χ4v) is 4.11. The van der Waals surface area contributed by atoms with Gasteiger partial charge in [0.05, 0.1) is 5.52 Å². The summed E-state index contributed by atoms with van der Waals surface area (Å²) < 4.78 is 2.26. The summed E-state index contributed by atoms with van der Waals surface area (Å²) in [5.74, 6) is 0.